The van der Waals surface area contributed by atoms with Crippen molar-refractivity contribution in [2.45, 2.75) is 0 Å². The highest BCUT2D eigenvalue weighted by molar-refractivity contribution is 6.21. The Hall–Kier alpha value is -5.92. The van der Waals surface area contributed by atoms with E-state index in [1.165, 1.54) is 70.7 Å². The predicted octanol–water partition coefficient (Wildman–Crippen LogP) is 12.6. The summed E-state index contributed by atoms with van der Waals surface area (Å²) in [6, 6.07) is 64.1. The summed E-state index contributed by atoms with van der Waals surface area (Å²) in [4.78, 5) is 2.44. The van der Waals surface area contributed by atoms with Crippen molar-refractivity contribution in [3.8, 4) is 11.1 Å². The Morgan fingerprint density at radius 3 is 1.51 bits per heavy atom. The fourth-order valence-electron chi connectivity index (χ4n) is 7.03. The topological polar surface area (TPSA) is 3.24 Å². The first kappa shape index (κ1) is 25.6. The van der Waals surface area contributed by atoms with Crippen LogP contribution in [0.15, 0.2) is 176 Å². The molecule has 45 heavy (non-hydrogen) atoms. The van der Waals surface area contributed by atoms with Crippen molar-refractivity contribution in [2.24, 2.45) is 0 Å². The van der Waals surface area contributed by atoms with Crippen LogP contribution < -0.4 is 4.90 Å². The molecule has 0 heterocycles. The van der Waals surface area contributed by atoms with E-state index in [1.54, 1.807) is 0 Å². The van der Waals surface area contributed by atoms with E-state index >= 15 is 0 Å². The van der Waals surface area contributed by atoms with Crippen LogP contribution >= 0.6 is 0 Å². The highest BCUT2D eigenvalue weighted by Gasteiger charge is 2.19. The lowest BCUT2D eigenvalue weighted by molar-refractivity contribution is 1.31. The van der Waals surface area contributed by atoms with Crippen LogP contribution in [-0.2, 0) is 0 Å². The fraction of sp³-hybridized carbons (Fsp3) is 0. The zero-order chi connectivity index (χ0) is 29.7. The van der Waals surface area contributed by atoms with Gasteiger partial charge in [-0.1, -0.05) is 146 Å². The van der Waals surface area contributed by atoms with Crippen LogP contribution in [0.5, 0.6) is 0 Å². The van der Waals surface area contributed by atoms with Crippen LogP contribution in [0.3, 0.4) is 0 Å². The lowest BCUT2D eigenvalue weighted by Crippen LogP contribution is -2.10. The monoisotopic (exact) mass is 571 g/mol. The van der Waals surface area contributed by atoms with Gasteiger partial charge >= 0.3 is 0 Å². The normalized spacial score (nSPS) is 11.6. The summed E-state index contributed by atoms with van der Waals surface area (Å²) in [5.41, 5.74) is 5.85. The molecule has 0 aromatic heterocycles. The van der Waals surface area contributed by atoms with Gasteiger partial charge in [-0.15, -0.1) is 0 Å². The Kier molecular flexibility index (Phi) is 5.89. The molecule has 0 aliphatic carbocycles. The number of anilines is 3. The third-order valence-electron chi connectivity index (χ3n) is 9.21. The number of rotatable bonds is 4. The molecule has 9 aromatic carbocycles. The molecule has 0 N–H and O–H groups in total. The molecule has 0 saturated carbocycles. The minimum absolute atomic E-state index is 1.12. The number of benzene rings is 9. The molecule has 9 aromatic rings. The Bertz CT molecular complexity index is 2530. The summed E-state index contributed by atoms with van der Waals surface area (Å²) in [5, 5.41) is 12.6. The lowest BCUT2D eigenvalue weighted by atomic mass is 9.94. The van der Waals surface area contributed by atoms with Crippen molar-refractivity contribution in [3.05, 3.63) is 176 Å². The first-order valence-corrected chi connectivity index (χ1v) is 15.5. The van der Waals surface area contributed by atoms with Crippen molar-refractivity contribution in [3.63, 3.8) is 0 Å². The van der Waals surface area contributed by atoms with Gasteiger partial charge in [0.05, 0.1) is 5.69 Å². The van der Waals surface area contributed by atoms with Crippen molar-refractivity contribution in [1.29, 1.82) is 0 Å². The second kappa shape index (κ2) is 10.4. The summed E-state index contributed by atoms with van der Waals surface area (Å²) < 4.78 is 0. The molecule has 0 spiro atoms. The lowest BCUT2D eigenvalue weighted by Gasteiger charge is -2.28. The number of nitrogens with zero attached hydrogens (tertiary/aromatic N) is 1. The van der Waals surface area contributed by atoms with E-state index in [0.29, 0.717) is 0 Å². The van der Waals surface area contributed by atoms with Crippen molar-refractivity contribution in [2.75, 3.05) is 4.90 Å². The smallest absolute Gasteiger partial charge is 0.0546 e. The van der Waals surface area contributed by atoms with Crippen molar-refractivity contribution >= 4 is 70.9 Å². The third-order valence-corrected chi connectivity index (χ3v) is 9.21. The van der Waals surface area contributed by atoms with E-state index in [1.807, 2.05) is 0 Å². The van der Waals surface area contributed by atoms with Crippen LogP contribution in [0.1, 0.15) is 0 Å². The summed E-state index contributed by atoms with van der Waals surface area (Å²) in [6.07, 6.45) is 0. The maximum atomic E-state index is 2.44. The first-order valence-electron chi connectivity index (χ1n) is 15.5. The molecule has 0 saturated heterocycles. The van der Waals surface area contributed by atoms with Crippen molar-refractivity contribution < 1.29 is 0 Å². The first-order chi connectivity index (χ1) is 22.3. The summed E-state index contributed by atoms with van der Waals surface area (Å²) in [7, 11) is 0. The SMILES string of the molecule is c1ccc(-c2ccc(N(c3ccc4c(ccc5ccccc54)c3)c3cc4c5ccccc5ccc4c4ccccc34)cc2)cc1. The van der Waals surface area contributed by atoms with Crippen LogP contribution in [0.25, 0.3) is 65.0 Å². The summed E-state index contributed by atoms with van der Waals surface area (Å²) in [5.74, 6) is 0. The zero-order valence-electron chi connectivity index (χ0n) is 24.7. The average molecular weight is 572 g/mol. The van der Waals surface area contributed by atoms with E-state index in [4.69, 9.17) is 0 Å². The standard InChI is InChI=1S/C44H29N/c1-2-10-30(11-3-1)31-20-23-35(24-21-31)45(36-25-27-39-34(28-36)19-18-32-12-4-6-14-37(32)39)44-29-43-38-15-7-5-13-33(38)22-26-41(43)40-16-8-9-17-42(40)44/h1-29H. The van der Waals surface area contributed by atoms with Crippen LogP contribution in [-0.4, -0.2) is 0 Å². The number of fused-ring (bicyclic) bond motifs is 8. The molecule has 1 heteroatoms. The Morgan fingerprint density at radius 2 is 0.756 bits per heavy atom. The maximum absolute atomic E-state index is 2.44. The van der Waals surface area contributed by atoms with Crippen LogP contribution in [0, 0.1) is 0 Å². The van der Waals surface area contributed by atoms with E-state index < -0.39 is 0 Å². The molecular weight excluding hydrogens is 542 g/mol. The van der Waals surface area contributed by atoms with E-state index in [9.17, 15) is 0 Å². The Balaban J connectivity index is 1.33. The molecule has 210 valence electrons. The average Bonchev–Trinajstić information content (AvgIpc) is 3.12. The van der Waals surface area contributed by atoms with Gasteiger partial charge in [-0.25, -0.2) is 0 Å². The maximum Gasteiger partial charge on any atom is 0.0546 e. The molecule has 0 unspecified atom stereocenters. The predicted molar refractivity (Wildman–Crippen MR) is 194 cm³/mol. The van der Waals surface area contributed by atoms with Crippen molar-refractivity contribution in [1.82, 2.24) is 0 Å². The quantitative estimate of drug-likeness (QED) is 0.190. The minimum atomic E-state index is 1.12. The van der Waals surface area contributed by atoms with E-state index in [-0.39, 0.29) is 0 Å². The molecule has 0 atom stereocenters. The molecule has 1 nitrogen and oxygen atoms in total. The van der Waals surface area contributed by atoms with Gasteiger partial charge in [0.1, 0.15) is 0 Å². The van der Waals surface area contributed by atoms with Gasteiger partial charge in [-0.3, -0.25) is 0 Å². The fourth-order valence-corrected chi connectivity index (χ4v) is 7.03. The Morgan fingerprint density at radius 1 is 0.267 bits per heavy atom. The number of hydrogen-bond donors (Lipinski definition) is 0. The molecular formula is C44H29N. The molecule has 0 fully saturated rings. The molecule has 0 amide bonds. The van der Waals surface area contributed by atoms with Gasteiger partial charge in [-0.05, 0) is 89.9 Å². The Labute approximate surface area is 262 Å². The second-order valence-electron chi connectivity index (χ2n) is 11.8. The summed E-state index contributed by atoms with van der Waals surface area (Å²) in [6.45, 7) is 0. The second-order valence-corrected chi connectivity index (χ2v) is 11.8. The van der Waals surface area contributed by atoms with Gasteiger partial charge in [0, 0.05) is 16.8 Å². The third kappa shape index (κ3) is 4.24. The molecule has 0 aliphatic heterocycles. The van der Waals surface area contributed by atoms with Gasteiger partial charge in [-0.2, -0.15) is 0 Å². The van der Waals surface area contributed by atoms with Gasteiger partial charge in [0.15, 0.2) is 0 Å². The van der Waals surface area contributed by atoms with Gasteiger partial charge in [0.25, 0.3) is 0 Å². The minimum Gasteiger partial charge on any atom is -0.310 e. The van der Waals surface area contributed by atoms with Gasteiger partial charge < -0.3 is 4.90 Å². The molecule has 0 bridgehead atoms. The summed E-state index contributed by atoms with van der Waals surface area (Å²) >= 11 is 0. The van der Waals surface area contributed by atoms with Crippen LogP contribution in [0.2, 0.25) is 0 Å². The van der Waals surface area contributed by atoms with E-state index in [2.05, 4.69) is 181 Å². The molecule has 9 rings (SSSR count). The van der Waals surface area contributed by atoms with E-state index in [0.717, 1.165) is 11.4 Å². The molecule has 0 aliphatic rings. The molecule has 0 radical (unpaired) electrons. The van der Waals surface area contributed by atoms with Gasteiger partial charge in [0.2, 0.25) is 0 Å². The highest BCUT2D eigenvalue weighted by Crippen LogP contribution is 2.44. The van der Waals surface area contributed by atoms with Crippen LogP contribution in [0.4, 0.5) is 17.1 Å². The number of hydrogen-bond acceptors (Lipinski definition) is 1. The highest BCUT2D eigenvalue weighted by atomic mass is 15.1. The zero-order valence-corrected chi connectivity index (χ0v) is 24.7. The largest absolute Gasteiger partial charge is 0.310 e.